The number of hydrogen-bond acceptors (Lipinski definition) is 3. The van der Waals surface area contributed by atoms with Gasteiger partial charge < -0.3 is 11.1 Å². The Morgan fingerprint density at radius 1 is 1.40 bits per heavy atom. The molecule has 102 valence electrons. The number of halogens is 1. The van der Waals surface area contributed by atoms with E-state index in [0.717, 1.165) is 17.8 Å². The standard InChI is InChI=1S/C14H12FN3OS/c1-8-3-2-4-11(12(8)13(16)20)18-14(19)9-5-10(15)7-17-6-9/h2-7H,1H3,(H2,16,20)(H,18,19). The molecule has 0 bridgehead atoms. The lowest BCUT2D eigenvalue weighted by atomic mass is 10.1. The number of nitrogens with two attached hydrogens (primary N) is 1. The lowest BCUT2D eigenvalue weighted by molar-refractivity contribution is 0.102. The van der Waals surface area contributed by atoms with Crippen LogP contribution in [0.2, 0.25) is 0 Å². The van der Waals surface area contributed by atoms with Crippen LogP contribution >= 0.6 is 12.2 Å². The number of nitrogens with one attached hydrogen (secondary N) is 1. The molecule has 1 aromatic carbocycles. The van der Waals surface area contributed by atoms with Crippen LogP contribution in [0.15, 0.2) is 36.7 Å². The van der Waals surface area contributed by atoms with Crippen LogP contribution in [0, 0.1) is 12.7 Å². The van der Waals surface area contributed by atoms with E-state index in [2.05, 4.69) is 10.3 Å². The van der Waals surface area contributed by atoms with Gasteiger partial charge in [0, 0.05) is 11.8 Å². The lowest BCUT2D eigenvalue weighted by Crippen LogP contribution is -2.19. The number of hydrogen-bond donors (Lipinski definition) is 2. The molecule has 20 heavy (non-hydrogen) atoms. The number of carbonyl (C=O) groups excluding carboxylic acids is 1. The zero-order valence-corrected chi connectivity index (χ0v) is 11.5. The fraction of sp³-hybridized carbons (Fsp3) is 0.0714. The minimum absolute atomic E-state index is 0.125. The normalized spacial score (nSPS) is 10.1. The molecule has 0 aliphatic rings. The van der Waals surface area contributed by atoms with Crippen molar-refractivity contribution in [2.75, 3.05) is 5.32 Å². The van der Waals surface area contributed by atoms with Gasteiger partial charge in [-0.2, -0.15) is 0 Å². The predicted molar refractivity (Wildman–Crippen MR) is 79.2 cm³/mol. The van der Waals surface area contributed by atoms with Gasteiger partial charge in [-0.3, -0.25) is 9.78 Å². The quantitative estimate of drug-likeness (QED) is 0.852. The molecule has 0 spiro atoms. The highest BCUT2D eigenvalue weighted by Crippen LogP contribution is 2.20. The molecule has 0 saturated heterocycles. The van der Waals surface area contributed by atoms with Crippen LogP contribution < -0.4 is 11.1 Å². The number of aryl methyl sites for hydroxylation is 1. The van der Waals surface area contributed by atoms with E-state index in [0.29, 0.717) is 11.3 Å². The van der Waals surface area contributed by atoms with Crippen LogP contribution in [-0.4, -0.2) is 15.9 Å². The summed E-state index contributed by atoms with van der Waals surface area (Å²) in [7, 11) is 0. The molecule has 3 N–H and O–H groups in total. The summed E-state index contributed by atoms with van der Waals surface area (Å²) in [4.78, 5) is 15.9. The van der Waals surface area contributed by atoms with Crippen LogP contribution in [0.4, 0.5) is 10.1 Å². The molecule has 2 aromatic rings. The number of rotatable bonds is 3. The fourth-order valence-electron chi connectivity index (χ4n) is 1.83. The number of amides is 1. The second kappa shape index (κ2) is 5.75. The molecule has 0 radical (unpaired) electrons. The van der Waals surface area contributed by atoms with E-state index in [1.54, 1.807) is 12.1 Å². The molecule has 1 aromatic heterocycles. The Balaban J connectivity index is 2.33. The molecule has 0 atom stereocenters. The fourth-order valence-corrected chi connectivity index (χ4v) is 2.10. The SMILES string of the molecule is Cc1cccc(NC(=O)c2cncc(F)c2)c1C(N)=S. The zero-order valence-electron chi connectivity index (χ0n) is 10.7. The Bertz CT molecular complexity index is 688. The average molecular weight is 289 g/mol. The summed E-state index contributed by atoms with van der Waals surface area (Å²) in [5.41, 5.74) is 7.73. The minimum atomic E-state index is -0.573. The largest absolute Gasteiger partial charge is 0.389 e. The van der Waals surface area contributed by atoms with Crippen LogP contribution in [0.1, 0.15) is 21.5 Å². The summed E-state index contributed by atoms with van der Waals surface area (Å²) in [6, 6.07) is 6.41. The van der Waals surface area contributed by atoms with Gasteiger partial charge in [-0.1, -0.05) is 24.4 Å². The van der Waals surface area contributed by atoms with Crippen molar-refractivity contribution in [1.82, 2.24) is 4.98 Å². The number of aromatic nitrogens is 1. The third-order valence-electron chi connectivity index (χ3n) is 2.73. The van der Waals surface area contributed by atoms with Crippen molar-refractivity contribution >= 4 is 28.8 Å². The average Bonchev–Trinajstić information content (AvgIpc) is 2.38. The molecule has 1 amide bonds. The van der Waals surface area contributed by atoms with Crippen molar-refractivity contribution in [3.8, 4) is 0 Å². The second-order valence-electron chi connectivity index (χ2n) is 4.21. The van der Waals surface area contributed by atoms with Gasteiger partial charge in [-0.15, -0.1) is 0 Å². The minimum Gasteiger partial charge on any atom is -0.389 e. The van der Waals surface area contributed by atoms with Crippen molar-refractivity contribution in [1.29, 1.82) is 0 Å². The number of pyridine rings is 1. The van der Waals surface area contributed by atoms with Gasteiger partial charge in [0.1, 0.15) is 10.8 Å². The van der Waals surface area contributed by atoms with Crippen molar-refractivity contribution in [3.63, 3.8) is 0 Å². The van der Waals surface area contributed by atoms with E-state index >= 15 is 0 Å². The van der Waals surface area contributed by atoms with E-state index in [4.69, 9.17) is 18.0 Å². The molecule has 0 saturated carbocycles. The molecule has 4 nitrogen and oxygen atoms in total. The maximum Gasteiger partial charge on any atom is 0.257 e. The maximum atomic E-state index is 13.1. The third-order valence-corrected chi connectivity index (χ3v) is 2.94. The zero-order chi connectivity index (χ0) is 14.7. The lowest BCUT2D eigenvalue weighted by Gasteiger charge is -2.12. The van der Waals surface area contributed by atoms with Gasteiger partial charge in [-0.25, -0.2) is 4.39 Å². The topological polar surface area (TPSA) is 68.0 Å². The van der Waals surface area contributed by atoms with Crippen molar-refractivity contribution < 1.29 is 9.18 Å². The van der Waals surface area contributed by atoms with Crippen molar-refractivity contribution in [2.45, 2.75) is 6.92 Å². The Labute approximate surface area is 120 Å². The molecule has 0 unspecified atom stereocenters. The van der Waals surface area contributed by atoms with Gasteiger partial charge in [0.25, 0.3) is 5.91 Å². The number of nitrogens with zero attached hydrogens (tertiary/aromatic N) is 1. The summed E-state index contributed by atoms with van der Waals surface area (Å²) in [5.74, 6) is -1.04. The van der Waals surface area contributed by atoms with Crippen LogP contribution in [0.25, 0.3) is 0 Å². The van der Waals surface area contributed by atoms with E-state index in [-0.39, 0.29) is 10.6 Å². The third kappa shape index (κ3) is 2.97. The van der Waals surface area contributed by atoms with E-state index in [1.165, 1.54) is 6.20 Å². The first-order chi connectivity index (χ1) is 9.49. The van der Waals surface area contributed by atoms with Crippen LogP contribution in [0.3, 0.4) is 0 Å². The highest BCUT2D eigenvalue weighted by molar-refractivity contribution is 7.80. The summed E-state index contributed by atoms with van der Waals surface area (Å²) in [6.45, 7) is 1.84. The number of benzene rings is 1. The number of thiocarbonyl (C=S) groups is 1. The van der Waals surface area contributed by atoms with E-state index in [1.807, 2.05) is 13.0 Å². The molecule has 2 rings (SSSR count). The summed E-state index contributed by atoms with van der Waals surface area (Å²) >= 11 is 4.98. The van der Waals surface area contributed by atoms with Crippen molar-refractivity contribution in [3.05, 3.63) is 59.2 Å². The Kier molecular flexibility index (Phi) is 4.05. The van der Waals surface area contributed by atoms with Crippen LogP contribution in [-0.2, 0) is 0 Å². The van der Waals surface area contributed by atoms with E-state index < -0.39 is 11.7 Å². The Hall–Kier alpha value is -2.34. The first-order valence-corrected chi connectivity index (χ1v) is 6.21. The summed E-state index contributed by atoms with van der Waals surface area (Å²) in [5, 5.41) is 2.66. The van der Waals surface area contributed by atoms with E-state index in [9.17, 15) is 9.18 Å². The molecule has 1 heterocycles. The Morgan fingerprint density at radius 3 is 2.80 bits per heavy atom. The highest BCUT2D eigenvalue weighted by Gasteiger charge is 2.13. The van der Waals surface area contributed by atoms with Gasteiger partial charge in [0.15, 0.2) is 0 Å². The first kappa shape index (κ1) is 14.1. The van der Waals surface area contributed by atoms with Gasteiger partial charge in [0.05, 0.1) is 17.4 Å². The molecule has 0 aliphatic carbocycles. The summed E-state index contributed by atoms with van der Waals surface area (Å²) < 4.78 is 13.1. The molecule has 6 heteroatoms. The highest BCUT2D eigenvalue weighted by atomic mass is 32.1. The molecular weight excluding hydrogens is 277 g/mol. The maximum absolute atomic E-state index is 13.1. The molecule has 0 fully saturated rings. The number of carbonyl (C=O) groups is 1. The monoisotopic (exact) mass is 289 g/mol. The molecule has 0 aliphatic heterocycles. The van der Waals surface area contributed by atoms with Crippen LogP contribution in [0.5, 0.6) is 0 Å². The van der Waals surface area contributed by atoms with Gasteiger partial charge in [-0.05, 0) is 24.6 Å². The van der Waals surface area contributed by atoms with Gasteiger partial charge >= 0.3 is 0 Å². The smallest absolute Gasteiger partial charge is 0.257 e. The second-order valence-corrected chi connectivity index (χ2v) is 4.65. The summed E-state index contributed by atoms with van der Waals surface area (Å²) in [6.07, 6.45) is 2.32. The number of anilines is 1. The van der Waals surface area contributed by atoms with Crippen molar-refractivity contribution in [2.24, 2.45) is 5.73 Å². The molecular formula is C14H12FN3OS. The predicted octanol–water partition coefficient (Wildman–Crippen LogP) is 2.42. The first-order valence-electron chi connectivity index (χ1n) is 5.80. The Morgan fingerprint density at radius 2 is 2.15 bits per heavy atom. The van der Waals surface area contributed by atoms with Gasteiger partial charge in [0.2, 0.25) is 0 Å².